The van der Waals surface area contributed by atoms with E-state index in [0.29, 0.717) is 6.54 Å². The molecule has 1 fully saturated rings. The summed E-state index contributed by atoms with van der Waals surface area (Å²) in [5, 5.41) is 25.2. The number of benzene rings is 1. The fraction of sp³-hybridized carbons (Fsp3) is 0.462. The van der Waals surface area contributed by atoms with Crippen LogP contribution >= 0.6 is 0 Å². The van der Waals surface area contributed by atoms with Crippen LogP contribution in [0, 0.1) is 0 Å². The van der Waals surface area contributed by atoms with Gasteiger partial charge >= 0.3 is 0 Å². The van der Waals surface area contributed by atoms with E-state index in [9.17, 15) is 15.0 Å². The van der Waals surface area contributed by atoms with Gasteiger partial charge in [0.25, 0.3) is 5.91 Å². The third kappa shape index (κ3) is 2.92. The molecule has 1 amide bonds. The molecular weight excluding hydrogens is 232 g/mol. The number of hydrogen-bond donors (Lipinski definition) is 4. The van der Waals surface area contributed by atoms with Crippen LogP contribution in [0.2, 0.25) is 0 Å². The van der Waals surface area contributed by atoms with Gasteiger partial charge in [0.15, 0.2) is 0 Å². The van der Waals surface area contributed by atoms with Crippen molar-refractivity contribution in [1.29, 1.82) is 0 Å². The van der Waals surface area contributed by atoms with E-state index >= 15 is 0 Å². The summed E-state index contributed by atoms with van der Waals surface area (Å²) in [5.74, 6) is -0.855. The zero-order valence-corrected chi connectivity index (χ0v) is 10.1. The fourth-order valence-electron chi connectivity index (χ4n) is 2.16. The van der Waals surface area contributed by atoms with E-state index in [1.165, 1.54) is 24.6 Å². The number of phenolic OH excluding ortho intramolecular Hbond substituents is 2. The number of piperidine rings is 1. The zero-order chi connectivity index (χ0) is 13.0. The number of nitrogens with one attached hydrogen (secondary N) is 2. The van der Waals surface area contributed by atoms with Crippen LogP contribution in [0.25, 0.3) is 0 Å². The quantitative estimate of drug-likeness (QED) is 0.644. The van der Waals surface area contributed by atoms with Crippen molar-refractivity contribution in [2.24, 2.45) is 0 Å². The van der Waals surface area contributed by atoms with E-state index in [4.69, 9.17) is 0 Å². The Hall–Kier alpha value is -1.75. The summed E-state index contributed by atoms with van der Waals surface area (Å²) in [6.45, 7) is 1.48. The molecule has 0 radical (unpaired) electrons. The maximum absolute atomic E-state index is 11.9. The zero-order valence-electron chi connectivity index (χ0n) is 10.1. The summed E-state index contributed by atoms with van der Waals surface area (Å²) >= 11 is 0. The first-order valence-electron chi connectivity index (χ1n) is 6.21. The summed E-state index contributed by atoms with van der Waals surface area (Å²) in [6, 6.07) is 4.53. The topological polar surface area (TPSA) is 81.6 Å². The Labute approximate surface area is 106 Å². The second-order valence-electron chi connectivity index (χ2n) is 4.53. The Bertz CT molecular complexity index is 408. The Morgan fingerprint density at radius 3 is 2.67 bits per heavy atom. The molecule has 1 aliphatic heterocycles. The molecule has 1 unspecified atom stereocenters. The average Bonchev–Trinajstić information content (AvgIpc) is 2.37. The number of rotatable bonds is 3. The van der Waals surface area contributed by atoms with Crippen LogP contribution in [0.1, 0.15) is 29.6 Å². The average molecular weight is 250 g/mol. The third-order valence-corrected chi connectivity index (χ3v) is 3.17. The number of hydrogen-bond acceptors (Lipinski definition) is 4. The van der Waals surface area contributed by atoms with Gasteiger partial charge in [-0.05, 0) is 31.5 Å². The summed E-state index contributed by atoms with van der Waals surface area (Å²) in [7, 11) is 0. The van der Waals surface area contributed by atoms with Gasteiger partial charge in [0.2, 0.25) is 0 Å². The molecule has 2 rings (SSSR count). The monoisotopic (exact) mass is 250 g/mol. The standard InChI is InChI=1S/C13H18N2O3/c16-10-5-3-6-11(17)12(10)13(18)15-8-9-4-1-2-7-14-9/h3,5-6,9,14,16-17H,1-2,4,7-8H2,(H,15,18). The first-order chi connectivity index (χ1) is 8.68. The number of aromatic hydroxyl groups is 2. The molecule has 0 spiro atoms. The Morgan fingerprint density at radius 2 is 2.06 bits per heavy atom. The number of phenols is 2. The maximum Gasteiger partial charge on any atom is 0.258 e. The van der Waals surface area contributed by atoms with E-state index in [1.807, 2.05) is 0 Å². The summed E-state index contributed by atoms with van der Waals surface area (Å²) in [4.78, 5) is 11.9. The minimum atomic E-state index is -0.446. The number of carbonyl (C=O) groups excluding carboxylic acids is 1. The largest absolute Gasteiger partial charge is 0.507 e. The predicted octanol–water partition coefficient (Wildman–Crippen LogP) is 0.970. The van der Waals surface area contributed by atoms with Gasteiger partial charge in [0, 0.05) is 12.6 Å². The Morgan fingerprint density at radius 1 is 1.33 bits per heavy atom. The third-order valence-electron chi connectivity index (χ3n) is 3.17. The molecule has 0 saturated carbocycles. The van der Waals surface area contributed by atoms with Crippen LogP contribution in [0.15, 0.2) is 18.2 Å². The van der Waals surface area contributed by atoms with Gasteiger partial charge < -0.3 is 20.8 Å². The molecule has 0 bridgehead atoms. The molecule has 4 N–H and O–H groups in total. The lowest BCUT2D eigenvalue weighted by Gasteiger charge is -2.23. The molecule has 1 saturated heterocycles. The first-order valence-corrected chi connectivity index (χ1v) is 6.21. The minimum absolute atomic E-state index is 0.0618. The van der Waals surface area contributed by atoms with Gasteiger partial charge in [0.05, 0.1) is 0 Å². The molecule has 1 atom stereocenters. The molecule has 5 nitrogen and oxygen atoms in total. The van der Waals surface area contributed by atoms with Crippen LogP contribution in [0.4, 0.5) is 0 Å². The highest BCUT2D eigenvalue weighted by Crippen LogP contribution is 2.25. The van der Waals surface area contributed by atoms with E-state index in [0.717, 1.165) is 19.4 Å². The van der Waals surface area contributed by atoms with Crippen molar-refractivity contribution < 1.29 is 15.0 Å². The van der Waals surface area contributed by atoms with Crippen LogP contribution < -0.4 is 10.6 Å². The molecule has 98 valence electrons. The van der Waals surface area contributed by atoms with E-state index in [-0.39, 0.29) is 23.1 Å². The van der Waals surface area contributed by atoms with Gasteiger partial charge in [-0.3, -0.25) is 4.79 Å². The molecule has 1 aromatic carbocycles. The molecule has 1 aliphatic rings. The number of carbonyl (C=O) groups is 1. The Balaban J connectivity index is 1.95. The van der Waals surface area contributed by atoms with E-state index in [1.54, 1.807) is 0 Å². The van der Waals surface area contributed by atoms with Crippen molar-refractivity contribution >= 4 is 5.91 Å². The lowest BCUT2D eigenvalue weighted by Crippen LogP contribution is -2.43. The van der Waals surface area contributed by atoms with Crippen LogP contribution in [0.5, 0.6) is 11.5 Å². The van der Waals surface area contributed by atoms with E-state index < -0.39 is 5.91 Å². The van der Waals surface area contributed by atoms with E-state index in [2.05, 4.69) is 10.6 Å². The Kier molecular flexibility index (Phi) is 4.04. The minimum Gasteiger partial charge on any atom is -0.507 e. The first kappa shape index (κ1) is 12.7. The highest BCUT2D eigenvalue weighted by Gasteiger charge is 2.18. The van der Waals surface area contributed by atoms with Crippen molar-refractivity contribution in [2.75, 3.05) is 13.1 Å². The molecule has 0 aliphatic carbocycles. The van der Waals surface area contributed by atoms with Crippen LogP contribution in [0.3, 0.4) is 0 Å². The van der Waals surface area contributed by atoms with Gasteiger partial charge in [-0.2, -0.15) is 0 Å². The lowest BCUT2D eigenvalue weighted by molar-refractivity contribution is 0.0942. The normalized spacial score (nSPS) is 19.4. The fourth-order valence-corrected chi connectivity index (χ4v) is 2.16. The molecule has 0 aromatic heterocycles. The predicted molar refractivity (Wildman–Crippen MR) is 67.7 cm³/mol. The molecule has 5 heteroatoms. The van der Waals surface area contributed by atoms with Gasteiger partial charge in [-0.1, -0.05) is 12.5 Å². The summed E-state index contributed by atoms with van der Waals surface area (Å²) in [5.41, 5.74) is -0.0618. The second-order valence-corrected chi connectivity index (χ2v) is 4.53. The smallest absolute Gasteiger partial charge is 0.258 e. The highest BCUT2D eigenvalue weighted by atomic mass is 16.3. The van der Waals surface area contributed by atoms with Gasteiger partial charge in [0.1, 0.15) is 17.1 Å². The highest BCUT2D eigenvalue weighted by molar-refractivity contribution is 5.99. The lowest BCUT2D eigenvalue weighted by atomic mass is 10.0. The molecular formula is C13H18N2O3. The van der Waals surface area contributed by atoms with Crippen molar-refractivity contribution in [3.63, 3.8) is 0 Å². The molecule has 1 aromatic rings. The maximum atomic E-state index is 11.9. The van der Waals surface area contributed by atoms with Gasteiger partial charge in [-0.25, -0.2) is 0 Å². The number of amides is 1. The SMILES string of the molecule is O=C(NCC1CCCCN1)c1c(O)cccc1O. The van der Waals surface area contributed by atoms with Crippen molar-refractivity contribution in [2.45, 2.75) is 25.3 Å². The summed E-state index contributed by atoms with van der Waals surface area (Å²) < 4.78 is 0. The second kappa shape index (κ2) is 5.73. The van der Waals surface area contributed by atoms with Crippen molar-refractivity contribution in [1.82, 2.24) is 10.6 Å². The van der Waals surface area contributed by atoms with Crippen molar-refractivity contribution in [3.8, 4) is 11.5 Å². The van der Waals surface area contributed by atoms with Gasteiger partial charge in [-0.15, -0.1) is 0 Å². The summed E-state index contributed by atoms with van der Waals surface area (Å²) in [6.07, 6.45) is 3.37. The van der Waals surface area contributed by atoms with Crippen molar-refractivity contribution in [3.05, 3.63) is 23.8 Å². The molecule has 18 heavy (non-hydrogen) atoms. The van der Waals surface area contributed by atoms with Crippen LogP contribution in [-0.2, 0) is 0 Å². The van der Waals surface area contributed by atoms with Crippen LogP contribution in [-0.4, -0.2) is 35.3 Å². The molecule has 1 heterocycles.